The summed E-state index contributed by atoms with van der Waals surface area (Å²) in [6.07, 6.45) is 3.33. The first kappa shape index (κ1) is 16.9. The summed E-state index contributed by atoms with van der Waals surface area (Å²) < 4.78 is 4.69. The number of amides is 1. The molecule has 116 valence electrons. The van der Waals surface area contributed by atoms with Crippen molar-refractivity contribution in [2.45, 2.75) is 59.0 Å². The number of hydrogen-bond acceptors (Lipinski definition) is 3. The van der Waals surface area contributed by atoms with Gasteiger partial charge in [0.1, 0.15) is 0 Å². The fourth-order valence-corrected chi connectivity index (χ4v) is 3.14. The van der Waals surface area contributed by atoms with E-state index in [2.05, 4.69) is 44.9 Å². The third-order valence-corrected chi connectivity index (χ3v) is 4.30. The number of methoxy groups -OCH3 is 1. The summed E-state index contributed by atoms with van der Waals surface area (Å²) in [5, 5.41) is 6.42. The maximum absolute atomic E-state index is 11.4. The number of carbonyl (C=O) groups excluding carboxylic acids is 1. The highest BCUT2D eigenvalue weighted by Crippen LogP contribution is 2.32. The zero-order valence-corrected chi connectivity index (χ0v) is 13.5. The first-order chi connectivity index (χ1) is 9.36. The summed E-state index contributed by atoms with van der Waals surface area (Å²) in [5.74, 6) is 1.64. The second kappa shape index (κ2) is 7.55. The van der Waals surface area contributed by atoms with E-state index in [-0.39, 0.29) is 12.0 Å². The highest BCUT2D eigenvalue weighted by molar-refractivity contribution is 5.67. The van der Waals surface area contributed by atoms with Crippen LogP contribution >= 0.6 is 0 Å². The number of carbonyl (C=O) groups is 1. The van der Waals surface area contributed by atoms with E-state index < -0.39 is 6.09 Å². The second-order valence-corrected chi connectivity index (χ2v) is 6.47. The van der Waals surface area contributed by atoms with E-state index in [0.29, 0.717) is 17.9 Å². The molecular weight excluding hydrogens is 252 g/mol. The van der Waals surface area contributed by atoms with E-state index in [1.807, 2.05) is 0 Å². The molecule has 0 spiro atoms. The minimum absolute atomic E-state index is 0.101. The van der Waals surface area contributed by atoms with E-state index in [9.17, 15) is 4.79 Å². The van der Waals surface area contributed by atoms with Crippen molar-refractivity contribution in [2.24, 2.45) is 17.8 Å². The van der Waals surface area contributed by atoms with E-state index in [0.717, 1.165) is 5.70 Å². The molecule has 1 aliphatic rings. The Morgan fingerprint density at radius 1 is 1.25 bits per heavy atom. The van der Waals surface area contributed by atoms with Crippen LogP contribution < -0.4 is 10.6 Å². The van der Waals surface area contributed by atoms with Crippen LogP contribution in [0.25, 0.3) is 0 Å². The Kier molecular flexibility index (Phi) is 6.37. The normalized spacial score (nSPS) is 23.8. The Morgan fingerprint density at radius 2 is 1.90 bits per heavy atom. The molecule has 3 atom stereocenters. The molecule has 0 aromatic carbocycles. The molecule has 2 N–H and O–H groups in total. The van der Waals surface area contributed by atoms with Crippen molar-refractivity contribution in [1.29, 1.82) is 0 Å². The zero-order valence-electron chi connectivity index (χ0n) is 13.5. The summed E-state index contributed by atoms with van der Waals surface area (Å²) in [4.78, 5) is 11.4. The predicted molar refractivity (Wildman–Crippen MR) is 82.4 cm³/mol. The number of alkyl carbamates (subject to hydrolysis) is 1. The van der Waals surface area contributed by atoms with E-state index in [1.54, 1.807) is 0 Å². The summed E-state index contributed by atoms with van der Waals surface area (Å²) in [5.41, 5.74) is 0.892. The molecule has 4 heteroatoms. The molecule has 1 fully saturated rings. The average molecular weight is 282 g/mol. The predicted octanol–water partition coefficient (Wildman–Crippen LogP) is 3.30. The summed E-state index contributed by atoms with van der Waals surface area (Å²) in [7, 11) is 1.38. The standard InChI is InChI=1S/C16H30N2O2/c1-10(2)13-8-7-9-14(13)17-12(5)15(11(3)4)18-16(19)20-6/h10-11,13-15,17H,5,7-9H2,1-4,6H3,(H,18,19)/t13?,14-,15-/m0/s1. The molecule has 0 saturated heterocycles. The Bertz CT molecular complexity index is 339. The van der Waals surface area contributed by atoms with Gasteiger partial charge >= 0.3 is 6.09 Å². The molecule has 0 aromatic heterocycles. The Hall–Kier alpha value is -1.19. The molecule has 1 unspecified atom stereocenters. The minimum Gasteiger partial charge on any atom is -0.453 e. The molecule has 0 heterocycles. The van der Waals surface area contributed by atoms with Crippen molar-refractivity contribution in [3.8, 4) is 0 Å². The Labute approximate surface area is 123 Å². The van der Waals surface area contributed by atoms with Crippen LogP contribution in [0.3, 0.4) is 0 Å². The molecule has 1 rings (SSSR count). The molecule has 20 heavy (non-hydrogen) atoms. The molecule has 1 amide bonds. The van der Waals surface area contributed by atoms with Gasteiger partial charge in [0.2, 0.25) is 0 Å². The van der Waals surface area contributed by atoms with Crippen LogP contribution in [-0.2, 0) is 4.74 Å². The number of nitrogens with one attached hydrogen (secondary N) is 2. The first-order valence-corrected chi connectivity index (χ1v) is 7.66. The number of hydrogen-bond donors (Lipinski definition) is 2. The van der Waals surface area contributed by atoms with Crippen molar-refractivity contribution in [3.05, 3.63) is 12.3 Å². The lowest BCUT2D eigenvalue weighted by Gasteiger charge is -2.31. The van der Waals surface area contributed by atoms with E-state index >= 15 is 0 Å². The summed E-state index contributed by atoms with van der Waals surface area (Å²) in [6, 6.07) is 0.374. The van der Waals surface area contributed by atoms with Gasteiger partial charge in [-0.3, -0.25) is 0 Å². The van der Waals surface area contributed by atoms with Gasteiger partial charge < -0.3 is 15.4 Å². The topological polar surface area (TPSA) is 50.4 Å². The van der Waals surface area contributed by atoms with Crippen LogP contribution in [0.4, 0.5) is 4.79 Å². The minimum atomic E-state index is -0.404. The maximum atomic E-state index is 11.4. The van der Waals surface area contributed by atoms with Gasteiger partial charge in [-0.2, -0.15) is 0 Å². The highest BCUT2D eigenvalue weighted by atomic mass is 16.5. The SMILES string of the molecule is C=C(N[C@H]1CCCC1C(C)C)[C@@H](NC(=O)OC)C(C)C. The summed E-state index contributed by atoms with van der Waals surface area (Å²) in [6.45, 7) is 12.8. The van der Waals surface area contributed by atoms with Crippen LogP contribution in [0.2, 0.25) is 0 Å². The third-order valence-electron chi connectivity index (χ3n) is 4.30. The molecule has 0 aromatic rings. The van der Waals surface area contributed by atoms with Gasteiger partial charge in [-0.1, -0.05) is 40.7 Å². The van der Waals surface area contributed by atoms with Crippen molar-refractivity contribution in [3.63, 3.8) is 0 Å². The molecular formula is C16H30N2O2. The van der Waals surface area contributed by atoms with Gasteiger partial charge in [0.15, 0.2) is 0 Å². The fourth-order valence-electron chi connectivity index (χ4n) is 3.14. The number of rotatable bonds is 6. The third kappa shape index (κ3) is 4.43. The van der Waals surface area contributed by atoms with Crippen LogP contribution in [0, 0.1) is 17.8 Å². The molecule has 1 saturated carbocycles. The van der Waals surface area contributed by atoms with Crippen molar-refractivity contribution in [2.75, 3.05) is 7.11 Å². The number of ether oxygens (including phenoxy) is 1. The van der Waals surface area contributed by atoms with Gasteiger partial charge in [-0.25, -0.2) is 4.79 Å². The second-order valence-electron chi connectivity index (χ2n) is 6.47. The molecule has 0 aliphatic heterocycles. The summed E-state index contributed by atoms with van der Waals surface area (Å²) >= 11 is 0. The van der Waals surface area contributed by atoms with Crippen LogP contribution in [-0.4, -0.2) is 25.3 Å². The van der Waals surface area contributed by atoms with E-state index in [1.165, 1.54) is 26.4 Å². The molecule has 0 radical (unpaired) electrons. The largest absolute Gasteiger partial charge is 0.453 e. The lowest BCUT2D eigenvalue weighted by Crippen LogP contribution is -2.46. The van der Waals surface area contributed by atoms with Gasteiger partial charge in [0.05, 0.1) is 13.2 Å². The smallest absolute Gasteiger partial charge is 0.407 e. The van der Waals surface area contributed by atoms with Crippen molar-refractivity contribution >= 4 is 6.09 Å². The van der Waals surface area contributed by atoms with Gasteiger partial charge in [0.25, 0.3) is 0 Å². The van der Waals surface area contributed by atoms with Crippen LogP contribution in [0.1, 0.15) is 47.0 Å². The van der Waals surface area contributed by atoms with Gasteiger partial charge in [0, 0.05) is 11.7 Å². The quantitative estimate of drug-likeness (QED) is 0.786. The molecule has 4 nitrogen and oxygen atoms in total. The van der Waals surface area contributed by atoms with Crippen molar-refractivity contribution < 1.29 is 9.53 Å². The fraction of sp³-hybridized carbons (Fsp3) is 0.812. The lowest BCUT2D eigenvalue weighted by molar-refractivity contribution is 0.164. The average Bonchev–Trinajstić information content (AvgIpc) is 2.83. The van der Waals surface area contributed by atoms with Crippen LogP contribution in [0.15, 0.2) is 12.3 Å². The lowest BCUT2D eigenvalue weighted by atomic mass is 9.90. The first-order valence-electron chi connectivity index (χ1n) is 7.66. The maximum Gasteiger partial charge on any atom is 0.407 e. The van der Waals surface area contributed by atoms with E-state index in [4.69, 9.17) is 4.74 Å². The highest BCUT2D eigenvalue weighted by Gasteiger charge is 2.31. The van der Waals surface area contributed by atoms with Gasteiger partial charge in [-0.05, 0) is 30.6 Å². The molecule has 1 aliphatic carbocycles. The monoisotopic (exact) mass is 282 g/mol. The Morgan fingerprint density at radius 3 is 2.40 bits per heavy atom. The zero-order chi connectivity index (χ0) is 15.3. The molecule has 0 bridgehead atoms. The van der Waals surface area contributed by atoms with Crippen molar-refractivity contribution in [1.82, 2.24) is 10.6 Å². The van der Waals surface area contributed by atoms with Gasteiger partial charge in [-0.15, -0.1) is 0 Å². The van der Waals surface area contributed by atoms with Crippen LogP contribution in [0.5, 0.6) is 0 Å². The Balaban J connectivity index is 2.64.